The third-order valence-corrected chi connectivity index (χ3v) is 4.55. The average molecular weight is 359 g/mol. The van der Waals surface area contributed by atoms with Gasteiger partial charge in [0.1, 0.15) is 10.9 Å². The second-order valence-electron chi connectivity index (χ2n) is 6.11. The van der Waals surface area contributed by atoms with Crippen molar-refractivity contribution in [2.24, 2.45) is 0 Å². The third kappa shape index (κ3) is 4.63. The van der Waals surface area contributed by atoms with Gasteiger partial charge in [-0.05, 0) is 30.7 Å². The first-order valence-electron chi connectivity index (χ1n) is 8.15. The minimum Gasteiger partial charge on any atom is -0.454 e. The molecule has 3 rings (SSSR count). The lowest BCUT2D eigenvalue weighted by Gasteiger charge is -2.09. The number of nitrogens with zero attached hydrogens (tertiary/aromatic N) is 2. The highest BCUT2D eigenvalue weighted by molar-refractivity contribution is 7.99. The third-order valence-electron chi connectivity index (χ3n) is 3.64. The fourth-order valence-electron chi connectivity index (χ4n) is 2.34. The van der Waals surface area contributed by atoms with Crippen LogP contribution in [0.4, 0.5) is 0 Å². The molecule has 0 aliphatic carbocycles. The zero-order chi connectivity index (χ0) is 17.8. The molecule has 2 heterocycles. The predicted molar refractivity (Wildman–Crippen MR) is 96.0 cm³/mol. The Morgan fingerprint density at radius 3 is 2.84 bits per heavy atom. The van der Waals surface area contributed by atoms with Gasteiger partial charge in [0, 0.05) is 18.2 Å². The zero-order valence-electron chi connectivity index (χ0n) is 14.5. The molecule has 1 aromatic heterocycles. The maximum absolute atomic E-state index is 12.1. The van der Waals surface area contributed by atoms with Crippen molar-refractivity contribution in [3.63, 3.8) is 0 Å². The Hall–Kier alpha value is -2.28. The van der Waals surface area contributed by atoms with Crippen LogP contribution in [0, 0.1) is 6.92 Å². The summed E-state index contributed by atoms with van der Waals surface area (Å²) in [5, 5.41) is 3.74. The lowest BCUT2D eigenvalue weighted by molar-refractivity contribution is -0.118. The number of hydrogen-bond acceptors (Lipinski definition) is 6. The van der Waals surface area contributed by atoms with Gasteiger partial charge in [-0.1, -0.05) is 31.7 Å². The maximum Gasteiger partial charge on any atom is 0.231 e. The highest BCUT2D eigenvalue weighted by atomic mass is 32.2. The van der Waals surface area contributed by atoms with E-state index in [0.29, 0.717) is 12.3 Å². The van der Waals surface area contributed by atoms with E-state index in [1.807, 2.05) is 31.2 Å². The number of thioether (sulfide) groups is 1. The lowest BCUT2D eigenvalue weighted by atomic mass is 10.2. The molecule has 1 aromatic carbocycles. The van der Waals surface area contributed by atoms with Crippen LogP contribution >= 0.6 is 11.8 Å². The van der Waals surface area contributed by atoms with Crippen LogP contribution in [-0.2, 0) is 11.3 Å². The Morgan fingerprint density at radius 2 is 2.04 bits per heavy atom. The summed E-state index contributed by atoms with van der Waals surface area (Å²) in [4.78, 5) is 21.0. The van der Waals surface area contributed by atoms with Crippen molar-refractivity contribution >= 4 is 17.7 Å². The van der Waals surface area contributed by atoms with Crippen LogP contribution in [0.5, 0.6) is 11.5 Å². The van der Waals surface area contributed by atoms with Gasteiger partial charge < -0.3 is 14.8 Å². The smallest absolute Gasteiger partial charge is 0.231 e. The number of aromatic nitrogens is 2. The van der Waals surface area contributed by atoms with E-state index in [2.05, 4.69) is 29.1 Å². The van der Waals surface area contributed by atoms with E-state index < -0.39 is 0 Å². The molecule has 0 saturated carbocycles. The van der Waals surface area contributed by atoms with E-state index in [0.717, 1.165) is 33.6 Å². The van der Waals surface area contributed by atoms with E-state index in [1.165, 1.54) is 11.8 Å². The van der Waals surface area contributed by atoms with Gasteiger partial charge in [-0.15, -0.1) is 0 Å². The van der Waals surface area contributed by atoms with Crippen LogP contribution in [0.15, 0.2) is 29.3 Å². The molecule has 0 bridgehead atoms. The molecule has 0 fully saturated rings. The van der Waals surface area contributed by atoms with Gasteiger partial charge in [-0.3, -0.25) is 4.79 Å². The number of fused-ring (bicyclic) bond motifs is 1. The van der Waals surface area contributed by atoms with Crippen molar-refractivity contribution in [3.8, 4) is 11.5 Å². The second-order valence-corrected chi connectivity index (χ2v) is 7.11. The summed E-state index contributed by atoms with van der Waals surface area (Å²) < 4.78 is 10.6. The molecule has 1 aliphatic rings. The summed E-state index contributed by atoms with van der Waals surface area (Å²) in [5.41, 5.74) is 1.89. The average Bonchev–Trinajstić information content (AvgIpc) is 3.05. The van der Waals surface area contributed by atoms with Gasteiger partial charge in [0.25, 0.3) is 0 Å². The number of hydrogen-bond donors (Lipinski definition) is 1. The molecular formula is C18H21N3O3S. The van der Waals surface area contributed by atoms with Gasteiger partial charge in [0.05, 0.1) is 5.75 Å². The van der Waals surface area contributed by atoms with Gasteiger partial charge in [-0.2, -0.15) is 0 Å². The number of rotatable bonds is 6. The Morgan fingerprint density at radius 1 is 1.24 bits per heavy atom. The molecule has 1 amide bonds. The van der Waals surface area contributed by atoms with Gasteiger partial charge in [-0.25, -0.2) is 9.97 Å². The van der Waals surface area contributed by atoms with Crippen molar-refractivity contribution in [1.82, 2.24) is 15.3 Å². The van der Waals surface area contributed by atoms with Crippen LogP contribution < -0.4 is 14.8 Å². The lowest BCUT2D eigenvalue weighted by Crippen LogP contribution is -2.24. The first-order valence-corrected chi connectivity index (χ1v) is 9.13. The topological polar surface area (TPSA) is 73.3 Å². The molecule has 0 spiro atoms. The monoisotopic (exact) mass is 359 g/mol. The van der Waals surface area contributed by atoms with Gasteiger partial charge in [0.2, 0.25) is 12.7 Å². The maximum atomic E-state index is 12.1. The first kappa shape index (κ1) is 17.5. The standard InChI is InChI=1S/C18H21N3O3S/c1-11(2)18-20-12(3)6-17(21-18)25-9-16(22)19-8-13-4-5-14-15(7-13)24-10-23-14/h4-7,11H,8-10H2,1-3H3,(H,19,22). The molecule has 2 aromatic rings. The predicted octanol–water partition coefficient (Wildman–Crippen LogP) is 3.05. The van der Waals surface area contributed by atoms with Gasteiger partial charge >= 0.3 is 0 Å². The number of benzene rings is 1. The first-order chi connectivity index (χ1) is 12.0. The van der Waals surface area contributed by atoms with Crippen molar-refractivity contribution in [2.75, 3.05) is 12.5 Å². The Labute approximate surface area is 151 Å². The number of carbonyl (C=O) groups excluding carboxylic acids is 1. The Bertz CT molecular complexity index is 780. The molecule has 6 nitrogen and oxygen atoms in total. The largest absolute Gasteiger partial charge is 0.454 e. The highest BCUT2D eigenvalue weighted by Gasteiger charge is 2.13. The minimum absolute atomic E-state index is 0.0370. The summed E-state index contributed by atoms with van der Waals surface area (Å²) in [6.07, 6.45) is 0. The number of carbonyl (C=O) groups is 1. The Kier molecular flexibility index (Phi) is 5.43. The molecular weight excluding hydrogens is 338 g/mol. The van der Waals surface area contributed by atoms with Crippen molar-refractivity contribution < 1.29 is 14.3 Å². The molecule has 25 heavy (non-hydrogen) atoms. The molecule has 1 N–H and O–H groups in total. The molecule has 1 aliphatic heterocycles. The van der Waals surface area contributed by atoms with Crippen LogP contribution in [0.1, 0.15) is 36.8 Å². The molecule has 7 heteroatoms. The summed E-state index contributed by atoms with van der Waals surface area (Å²) in [6, 6.07) is 7.57. The van der Waals surface area contributed by atoms with Crippen molar-refractivity contribution in [1.29, 1.82) is 0 Å². The second kappa shape index (κ2) is 7.74. The SMILES string of the molecule is Cc1cc(SCC(=O)NCc2ccc3c(c2)OCO3)nc(C(C)C)n1. The molecule has 0 saturated heterocycles. The van der Waals surface area contributed by atoms with Crippen LogP contribution in [-0.4, -0.2) is 28.4 Å². The Balaban J connectivity index is 1.51. The van der Waals surface area contributed by atoms with Crippen LogP contribution in [0.25, 0.3) is 0 Å². The quantitative estimate of drug-likeness (QED) is 0.631. The molecule has 0 radical (unpaired) electrons. The van der Waals surface area contributed by atoms with Crippen molar-refractivity contribution in [2.45, 2.75) is 38.3 Å². The molecule has 0 unspecified atom stereocenters. The summed E-state index contributed by atoms with van der Waals surface area (Å²) >= 11 is 1.42. The molecule has 132 valence electrons. The fraction of sp³-hybridized carbons (Fsp3) is 0.389. The van der Waals surface area contributed by atoms with Crippen molar-refractivity contribution in [3.05, 3.63) is 41.3 Å². The number of ether oxygens (including phenoxy) is 2. The zero-order valence-corrected chi connectivity index (χ0v) is 15.4. The van der Waals surface area contributed by atoms with E-state index in [1.54, 1.807) is 0 Å². The van der Waals surface area contributed by atoms with E-state index in [4.69, 9.17) is 9.47 Å². The summed E-state index contributed by atoms with van der Waals surface area (Å²) in [7, 11) is 0. The minimum atomic E-state index is -0.0370. The summed E-state index contributed by atoms with van der Waals surface area (Å²) in [6.45, 7) is 6.76. The molecule has 0 atom stereocenters. The fourth-order valence-corrected chi connectivity index (χ4v) is 3.13. The number of nitrogens with one attached hydrogen (secondary N) is 1. The van der Waals surface area contributed by atoms with Gasteiger partial charge in [0.15, 0.2) is 11.5 Å². The normalized spacial score (nSPS) is 12.5. The summed E-state index contributed by atoms with van der Waals surface area (Å²) in [5.74, 6) is 2.82. The van der Waals surface area contributed by atoms with Crippen LogP contribution in [0.2, 0.25) is 0 Å². The van der Waals surface area contributed by atoms with E-state index in [-0.39, 0.29) is 18.6 Å². The highest BCUT2D eigenvalue weighted by Crippen LogP contribution is 2.32. The van der Waals surface area contributed by atoms with E-state index >= 15 is 0 Å². The van der Waals surface area contributed by atoms with Crippen LogP contribution in [0.3, 0.4) is 0 Å². The number of aryl methyl sites for hydroxylation is 1. The van der Waals surface area contributed by atoms with E-state index in [9.17, 15) is 4.79 Å². The number of amides is 1.